The first kappa shape index (κ1) is 17.2. The summed E-state index contributed by atoms with van der Waals surface area (Å²) in [7, 11) is 3.19. The smallest absolute Gasteiger partial charge is 0.228 e. The first-order valence-electron chi connectivity index (χ1n) is 8.03. The molecule has 1 N–H and O–H groups in total. The normalized spacial score (nSPS) is 10.7. The van der Waals surface area contributed by atoms with Gasteiger partial charge in [-0.3, -0.25) is 4.79 Å². The zero-order valence-corrected chi connectivity index (χ0v) is 15.3. The van der Waals surface area contributed by atoms with Crippen molar-refractivity contribution in [1.29, 1.82) is 0 Å². The molecule has 0 fully saturated rings. The van der Waals surface area contributed by atoms with Crippen LogP contribution in [0.15, 0.2) is 36.4 Å². The standard InChI is InChI=1S/C19H20N2O3S/c1-4-19-21-15-7-5-13(11-17(15)25-19)20-18(22)10-12-9-14(23-2)6-8-16(12)24-3/h5-9,11H,4,10H2,1-3H3,(H,20,22). The number of methoxy groups -OCH3 is 2. The van der Waals surface area contributed by atoms with Gasteiger partial charge in [0.1, 0.15) is 11.5 Å². The molecule has 0 saturated carbocycles. The summed E-state index contributed by atoms with van der Waals surface area (Å²) in [5.74, 6) is 1.26. The molecule has 0 bridgehead atoms. The number of benzene rings is 2. The van der Waals surface area contributed by atoms with E-state index < -0.39 is 0 Å². The van der Waals surface area contributed by atoms with Crippen molar-refractivity contribution in [2.45, 2.75) is 19.8 Å². The summed E-state index contributed by atoms with van der Waals surface area (Å²) >= 11 is 1.65. The number of rotatable bonds is 6. The Kier molecular flexibility index (Phi) is 5.19. The highest BCUT2D eigenvalue weighted by Gasteiger charge is 2.11. The summed E-state index contributed by atoms with van der Waals surface area (Å²) in [6.07, 6.45) is 1.12. The zero-order chi connectivity index (χ0) is 17.8. The number of nitrogens with one attached hydrogen (secondary N) is 1. The van der Waals surface area contributed by atoms with Crippen LogP contribution in [-0.2, 0) is 17.6 Å². The SMILES string of the molecule is CCc1nc2ccc(NC(=O)Cc3cc(OC)ccc3OC)cc2s1. The van der Waals surface area contributed by atoms with Crippen molar-refractivity contribution in [1.82, 2.24) is 4.98 Å². The number of carbonyl (C=O) groups is 1. The quantitative estimate of drug-likeness (QED) is 0.724. The van der Waals surface area contributed by atoms with Gasteiger partial charge in [-0.15, -0.1) is 11.3 Å². The van der Waals surface area contributed by atoms with Crippen LogP contribution in [0.2, 0.25) is 0 Å². The molecule has 3 aromatic rings. The highest BCUT2D eigenvalue weighted by molar-refractivity contribution is 7.18. The molecule has 0 saturated heterocycles. The third-order valence-corrected chi connectivity index (χ3v) is 5.02. The third kappa shape index (κ3) is 3.91. The van der Waals surface area contributed by atoms with Gasteiger partial charge in [-0.2, -0.15) is 0 Å². The van der Waals surface area contributed by atoms with E-state index in [1.54, 1.807) is 31.6 Å². The van der Waals surface area contributed by atoms with Gasteiger partial charge in [0.15, 0.2) is 0 Å². The second kappa shape index (κ2) is 7.53. The number of amides is 1. The van der Waals surface area contributed by atoms with Gasteiger partial charge in [-0.05, 0) is 42.8 Å². The van der Waals surface area contributed by atoms with Crippen molar-refractivity contribution >= 4 is 33.1 Å². The van der Waals surface area contributed by atoms with Crippen LogP contribution in [0.3, 0.4) is 0 Å². The monoisotopic (exact) mass is 356 g/mol. The van der Waals surface area contributed by atoms with Gasteiger partial charge in [-0.1, -0.05) is 6.92 Å². The van der Waals surface area contributed by atoms with E-state index >= 15 is 0 Å². The zero-order valence-electron chi connectivity index (χ0n) is 14.5. The maximum absolute atomic E-state index is 12.4. The Morgan fingerprint density at radius 3 is 2.72 bits per heavy atom. The number of aromatic nitrogens is 1. The van der Waals surface area contributed by atoms with Gasteiger partial charge in [0.05, 0.1) is 35.9 Å². The molecule has 0 spiro atoms. The molecule has 25 heavy (non-hydrogen) atoms. The van der Waals surface area contributed by atoms with Crippen LogP contribution in [0.25, 0.3) is 10.2 Å². The fraction of sp³-hybridized carbons (Fsp3) is 0.263. The Morgan fingerprint density at radius 1 is 1.16 bits per heavy atom. The first-order chi connectivity index (χ1) is 12.1. The number of anilines is 1. The van der Waals surface area contributed by atoms with Gasteiger partial charge < -0.3 is 14.8 Å². The lowest BCUT2D eigenvalue weighted by molar-refractivity contribution is -0.115. The van der Waals surface area contributed by atoms with Gasteiger partial charge in [0.2, 0.25) is 5.91 Å². The van der Waals surface area contributed by atoms with Gasteiger partial charge in [0, 0.05) is 11.3 Å². The number of carbonyl (C=O) groups excluding carboxylic acids is 1. The number of fused-ring (bicyclic) bond motifs is 1. The van der Waals surface area contributed by atoms with Crippen molar-refractivity contribution in [3.05, 3.63) is 47.0 Å². The average molecular weight is 356 g/mol. The van der Waals surface area contributed by atoms with Crippen LogP contribution < -0.4 is 14.8 Å². The van der Waals surface area contributed by atoms with Crippen LogP contribution in [0.5, 0.6) is 11.5 Å². The topological polar surface area (TPSA) is 60.5 Å². The van der Waals surface area contributed by atoms with Gasteiger partial charge in [0.25, 0.3) is 0 Å². The molecule has 0 unspecified atom stereocenters. The Labute approximate surface area is 150 Å². The van der Waals surface area contributed by atoms with E-state index in [2.05, 4.69) is 17.2 Å². The molecule has 0 atom stereocenters. The van der Waals surface area contributed by atoms with Crippen molar-refractivity contribution in [3.63, 3.8) is 0 Å². The van der Waals surface area contributed by atoms with Crippen LogP contribution in [0.4, 0.5) is 5.69 Å². The Hall–Kier alpha value is -2.60. The molecule has 1 amide bonds. The molecule has 3 rings (SSSR count). The lowest BCUT2D eigenvalue weighted by atomic mass is 10.1. The molecule has 2 aromatic carbocycles. The van der Waals surface area contributed by atoms with Crippen LogP contribution in [0, 0.1) is 0 Å². The predicted octanol–water partition coefficient (Wildman–Crippen LogP) is 4.06. The number of hydrogen-bond acceptors (Lipinski definition) is 5. The van der Waals surface area contributed by atoms with Crippen LogP contribution in [-0.4, -0.2) is 25.1 Å². The predicted molar refractivity (Wildman–Crippen MR) is 101 cm³/mol. The fourth-order valence-corrected chi connectivity index (χ4v) is 3.55. The van der Waals surface area contributed by atoms with E-state index in [0.717, 1.165) is 32.9 Å². The highest BCUT2D eigenvalue weighted by atomic mass is 32.1. The molecular weight excluding hydrogens is 336 g/mol. The summed E-state index contributed by atoms with van der Waals surface area (Å²) in [6.45, 7) is 2.09. The van der Waals surface area contributed by atoms with Gasteiger partial charge >= 0.3 is 0 Å². The number of nitrogens with zero attached hydrogens (tertiary/aromatic N) is 1. The molecule has 1 heterocycles. The number of aryl methyl sites for hydroxylation is 1. The summed E-state index contributed by atoms with van der Waals surface area (Å²) in [5, 5.41) is 4.04. The molecule has 5 nitrogen and oxygen atoms in total. The van der Waals surface area contributed by atoms with E-state index in [0.29, 0.717) is 11.5 Å². The summed E-state index contributed by atoms with van der Waals surface area (Å²) in [5.41, 5.74) is 2.52. The molecule has 6 heteroatoms. The van der Waals surface area contributed by atoms with Crippen molar-refractivity contribution < 1.29 is 14.3 Å². The van der Waals surface area contributed by atoms with E-state index in [9.17, 15) is 4.79 Å². The second-order valence-corrected chi connectivity index (χ2v) is 6.66. The van der Waals surface area contributed by atoms with Crippen LogP contribution in [0.1, 0.15) is 17.5 Å². The number of ether oxygens (including phenoxy) is 2. The third-order valence-electron chi connectivity index (χ3n) is 3.86. The average Bonchev–Trinajstić information content (AvgIpc) is 3.04. The number of thiazole rings is 1. The molecule has 0 aliphatic rings. The van der Waals surface area contributed by atoms with E-state index in [4.69, 9.17) is 9.47 Å². The Morgan fingerprint density at radius 2 is 2.00 bits per heavy atom. The summed E-state index contributed by atoms with van der Waals surface area (Å²) in [6, 6.07) is 11.2. The van der Waals surface area contributed by atoms with Crippen molar-refractivity contribution in [2.75, 3.05) is 19.5 Å². The number of hydrogen-bond donors (Lipinski definition) is 1. The van der Waals surface area contributed by atoms with Crippen molar-refractivity contribution in [2.24, 2.45) is 0 Å². The molecule has 130 valence electrons. The van der Waals surface area contributed by atoms with E-state index in [-0.39, 0.29) is 12.3 Å². The Balaban J connectivity index is 1.76. The first-order valence-corrected chi connectivity index (χ1v) is 8.84. The molecule has 1 aromatic heterocycles. The summed E-state index contributed by atoms with van der Waals surface area (Å²) < 4.78 is 11.6. The molecule has 0 radical (unpaired) electrons. The van der Waals surface area contributed by atoms with E-state index in [1.807, 2.05) is 30.3 Å². The van der Waals surface area contributed by atoms with E-state index in [1.165, 1.54) is 0 Å². The minimum absolute atomic E-state index is 0.105. The minimum Gasteiger partial charge on any atom is -0.497 e. The molecule has 0 aliphatic heterocycles. The largest absolute Gasteiger partial charge is 0.497 e. The minimum atomic E-state index is -0.105. The highest BCUT2D eigenvalue weighted by Crippen LogP contribution is 2.27. The molecular formula is C19H20N2O3S. The van der Waals surface area contributed by atoms with Gasteiger partial charge in [-0.25, -0.2) is 4.98 Å². The van der Waals surface area contributed by atoms with Crippen LogP contribution >= 0.6 is 11.3 Å². The maximum atomic E-state index is 12.4. The second-order valence-electron chi connectivity index (χ2n) is 5.55. The fourth-order valence-electron chi connectivity index (χ4n) is 2.60. The van der Waals surface area contributed by atoms with Crippen molar-refractivity contribution in [3.8, 4) is 11.5 Å². The lowest BCUT2D eigenvalue weighted by Gasteiger charge is -2.11. The molecule has 0 aliphatic carbocycles. The Bertz CT molecular complexity index is 905. The maximum Gasteiger partial charge on any atom is 0.228 e. The lowest BCUT2D eigenvalue weighted by Crippen LogP contribution is -2.15. The summed E-state index contributed by atoms with van der Waals surface area (Å²) in [4.78, 5) is 17.0.